The molecule has 2 fully saturated rings. The van der Waals surface area contributed by atoms with E-state index in [-0.39, 0.29) is 0 Å². The van der Waals surface area contributed by atoms with Crippen molar-refractivity contribution < 1.29 is 9.53 Å². The summed E-state index contributed by atoms with van der Waals surface area (Å²) in [6.07, 6.45) is 8.84. The van der Waals surface area contributed by atoms with Gasteiger partial charge in [-0.3, -0.25) is 4.79 Å². The summed E-state index contributed by atoms with van der Waals surface area (Å²) in [6.45, 7) is 5.02. The van der Waals surface area contributed by atoms with Crippen LogP contribution in [0.4, 0.5) is 0 Å². The zero-order valence-corrected chi connectivity index (χ0v) is 16.2. The quantitative estimate of drug-likeness (QED) is 0.800. The molecule has 0 aliphatic heterocycles. The standard InChI is InChI=1S/C21H28O2.CH5N/c1-13-4-7-19-17-6-5-14-10-15(12-22)20(23-3)11-18(14)16(17)8-9-21(13,19)2;1-2/h10-13,16-17,19H,4-9H2,1-3H3;2H2,1H3/t13?,16?,17?,19?,21-;/m1./s1. The highest BCUT2D eigenvalue weighted by Gasteiger charge is 2.53. The molecule has 2 saturated carbocycles. The van der Waals surface area contributed by atoms with E-state index in [1.165, 1.54) is 50.3 Å². The van der Waals surface area contributed by atoms with Crippen LogP contribution in [0.25, 0.3) is 0 Å². The van der Waals surface area contributed by atoms with Crippen LogP contribution in [0.15, 0.2) is 12.1 Å². The molecule has 138 valence electrons. The summed E-state index contributed by atoms with van der Waals surface area (Å²) in [4.78, 5) is 11.3. The van der Waals surface area contributed by atoms with Crippen LogP contribution < -0.4 is 10.5 Å². The second-order valence-electron chi connectivity index (χ2n) is 8.35. The van der Waals surface area contributed by atoms with Crippen molar-refractivity contribution in [2.24, 2.45) is 28.9 Å². The average molecular weight is 344 g/mol. The van der Waals surface area contributed by atoms with Gasteiger partial charge in [-0.15, -0.1) is 0 Å². The fraction of sp³-hybridized carbons (Fsp3) is 0.682. The Labute approximate surface area is 152 Å². The van der Waals surface area contributed by atoms with Crippen LogP contribution >= 0.6 is 0 Å². The fourth-order valence-corrected chi connectivity index (χ4v) is 6.15. The molecule has 0 radical (unpaired) electrons. The molecule has 3 aliphatic carbocycles. The molecule has 3 nitrogen and oxygen atoms in total. The lowest BCUT2D eigenvalue weighted by molar-refractivity contribution is 0.0336. The number of ether oxygens (including phenoxy) is 1. The molecule has 0 saturated heterocycles. The third-order valence-corrected chi connectivity index (χ3v) is 7.68. The van der Waals surface area contributed by atoms with Crippen LogP contribution in [0.3, 0.4) is 0 Å². The smallest absolute Gasteiger partial charge is 0.153 e. The molecular weight excluding hydrogens is 310 g/mol. The minimum absolute atomic E-state index is 0.561. The van der Waals surface area contributed by atoms with Crippen molar-refractivity contribution >= 4 is 6.29 Å². The number of aryl methyl sites for hydroxylation is 1. The topological polar surface area (TPSA) is 52.3 Å². The SMILES string of the molecule is CN.COc1cc2c(cc1C=O)CCC1C2CC[C@]2(C)C(C)CCC12. The highest BCUT2D eigenvalue weighted by atomic mass is 16.5. The van der Waals surface area contributed by atoms with Crippen LogP contribution in [0.2, 0.25) is 0 Å². The lowest BCUT2D eigenvalue weighted by Gasteiger charge is -2.50. The molecule has 1 aromatic carbocycles. The van der Waals surface area contributed by atoms with Gasteiger partial charge in [-0.2, -0.15) is 0 Å². The lowest BCUT2D eigenvalue weighted by atomic mass is 9.54. The second kappa shape index (κ2) is 7.11. The zero-order valence-electron chi connectivity index (χ0n) is 16.2. The molecule has 0 amide bonds. The summed E-state index contributed by atoms with van der Waals surface area (Å²) < 4.78 is 5.47. The fourth-order valence-electron chi connectivity index (χ4n) is 6.15. The van der Waals surface area contributed by atoms with Crippen LogP contribution in [0, 0.1) is 23.2 Å². The first-order valence-corrected chi connectivity index (χ1v) is 9.82. The van der Waals surface area contributed by atoms with Gasteiger partial charge >= 0.3 is 0 Å². The Kier molecular flexibility index (Phi) is 5.24. The van der Waals surface area contributed by atoms with Crippen LogP contribution in [-0.2, 0) is 6.42 Å². The minimum atomic E-state index is 0.561. The number of methoxy groups -OCH3 is 1. The zero-order chi connectivity index (χ0) is 18.2. The Hall–Kier alpha value is -1.35. The van der Waals surface area contributed by atoms with Gasteiger partial charge in [-0.25, -0.2) is 0 Å². The van der Waals surface area contributed by atoms with E-state index in [2.05, 4.69) is 31.7 Å². The largest absolute Gasteiger partial charge is 0.496 e. The van der Waals surface area contributed by atoms with Crippen molar-refractivity contribution in [3.63, 3.8) is 0 Å². The molecule has 2 N–H and O–H groups in total. The molecule has 0 bridgehead atoms. The maximum absolute atomic E-state index is 11.3. The number of nitrogens with two attached hydrogens (primary N) is 1. The van der Waals surface area contributed by atoms with E-state index >= 15 is 0 Å². The Morgan fingerprint density at radius 2 is 1.96 bits per heavy atom. The highest BCUT2D eigenvalue weighted by Crippen LogP contribution is 2.62. The molecule has 3 heteroatoms. The summed E-state index contributed by atoms with van der Waals surface area (Å²) in [5.41, 5.74) is 8.64. The summed E-state index contributed by atoms with van der Waals surface area (Å²) in [6, 6.07) is 4.26. The predicted molar refractivity (Wildman–Crippen MR) is 102 cm³/mol. The molecule has 3 aliphatic rings. The van der Waals surface area contributed by atoms with Crippen molar-refractivity contribution in [2.75, 3.05) is 14.2 Å². The molecule has 4 rings (SSSR count). The van der Waals surface area contributed by atoms with Gasteiger partial charge < -0.3 is 10.5 Å². The van der Waals surface area contributed by atoms with Crippen LogP contribution in [0.1, 0.15) is 73.4 Å². The third-order valence-electron chi connectivity index (χ3n) is 7.68. The maximum atomic E-state index is 11.3. The molecule has 1 aromatic rings. The van der Waals surface area contributed by atoms with E-state index in [4.69, 9.17) is 4.74 Å². The summed E-state index contributed by atoms with van der Waals surface area (Å²) in [7, 11) is 3.17. The number of hydrogen-bond acceptors (Lipinski definition) is 3. The van der Waals surface area contributed by atoms with Crippen molar-refractivity contribution in [3.8, 4) is 5.75 Å². The first-order chi connectivity index (χ1) is 12.1. The first kappa shape index (κ1) is 18.4. The van der Waals surface area contributed by atoms with E-state index in [1.807, 2.05) is 0 Å². The monoisotopic (exact) mass is 343 g/mol. The lowest BCUT2D eigenvalue weighted by Crippen LogP contribution is -2.41. The molecule has 5 atom stereocenters. The van der Waals surface area contributed by atoms with E-state index in [9.17, 15) is 4.79 Å². The summed E-state index contributed by atoms with van der Waals surface area (Å²) in [5, 5.41) is 0. The van der Waals surface area contributed by atoms with E-state index in [0.29, 0.717) is 16.9 Å². The van der Waals surface area contributed by atoms with Gasteiger partial charge in [0.15, 0.2) is 6.29 Å². The Balaban J connectivity index is 0.000000880. The molecule has 0 spiro atoms. The van der Waals surface area contributed by atoms with Gasteiger partial charge in [0.05, 0.1) is 12.7 Å². The molecule has 0 aromatic heterocycles. The Bertz CT molecular complexity index is 641. The van der Waals surface area contributed by atoms with Crippen LogP contribution in [-0.4, -0.2) is 20.4 Å². The number of aldehydes is 1. The van der Waals surface area contributed by atoms with Gasteiger partial charge in [0.25, 0.3) is 0 Å². The average Bonchev–Trinajstić information content (AvgIpc) is 2.97. The van der Waals surface area contributed by atoms with Crippen molar-refractivity contribution in [2.45, 2.75) is 58.3 Å². The molecular formula is C22H33NO2. The minimum Gasteiger partial charge on any atom is -0.496 e. The predicted octanol–water partition coefficient (Wildman–Crippen LogP) is 4.57. The summed E-state index contributed by atoms with van der Waals surface area (Å²) in [5.74, 6) is 4.03. The molecule has 0 heterocycles. The molecule has 4 unspecified atom stereocenters. The Morgan fingerprint density at radius 1 is 1.20 bits per heavy atom. The van der Waals surface area contributed by atoms with Crippen molar-refractivity contribution in [3.05, 3.63) is 28.8 Å². The number of carbonyl (C=O) groups excluding carboxylic acids is 1. The maximum Gasteiger partial charge on any atom is 0.153 e. The van der Waals surface area contributed by atoms with Crippen LogP contribution in [0.5, 0.6) is 5.75 Å². The van der Waals surface area contributed by atoms with Crippen molar-refractivity contribution in [1.82, 2.24) is 0 Å². The molecule has 25 heavy (non-hydrogen) atoms. The van der Waals surface area contributed by atoms with Gasteiger partial charge in [-0.1, -0.05) is 13.8 Å². The summed E-state index contributed by atoms with van der Waals surface area (Å²) >= 11 is 0. The Morgan fingerprint density at radius 3 is 2.64 bits per heavy atom. The number of fused-ring (bicyclic) bond motifs is 5. The van der Waals surface area contributed by atoms with E-state index in [0.717, 1.165) is 36.2 Å². The van der Waals surface area contributed by atoms with Gasteiger partial charge in [0.2, 0.25) is 0 Å². The second-order valence-corrected chi connectivity index (χ2v) is 8.35. The van der Waals surface area contributed by atoms with E-state index in [1.54, 1.807) is 7.11 Å². The van der Waals surface area contributed by atoms with E-state index < -0.39 is 0 Å². The number of benzene rings is 1. The first-order valence-electron chi connectivity index (χ1n) is 9.82. The van der Waals surface area contributed by atoms with Gasteiger partial charge in [-0.05, 0) is 97.9 Å². The number of rotatable bonds is 2. The van der Waals surface area contributed by atoms with Gasteiger partial charge in [0.1, 0.15) is 5.75 Å². The van der Waals surface area contributed by atoms with Gasteiger partial charge in [0, 0.05) is 0 Å². The third kappa shape index (κ3) is 2.81. The highest BCUT2D eigenvalue weighted by molar-refractivity contribution is 5.80. The van der Waals surface area contributed by atoms with Crippen molar-refractivity contribution in [1.29, 1.82) is 0 Å². The number of hydrogen-bond donors (Lipinski definition) is 1. The normalized spacial score (nSPS) is 35.6. The number of carbonyl (C=O) groups is 1.